The molecule has 0 saturated carbocycles. The van der Waals surface area contributed by atoms with E-state index in [0.29, 0.717) is 25.9 Å². The smallest absolute Gasteiger partial charge is 0.407 e. The average molecular weight is 402 g/mol. The topological polar surface area (TPSA) is 73.3 Å². The lowest BCUT2D eigenvalue weighted by molar-refractivity contribution is -0.150. The molecule has 158 valence electrons. The fraction of sp³-hybridized carbons (Fsp3) is 0.636. The third kappa shape index (κ3) is 4.34. The van der Waals surface area contributed by atoms with Crippen molar-refractivity contribution in [3.8, 4) is 0 Å². The summed E-state index contributed by atoms with van der Waals surface area (Å²) in [6, 6.07) is 8.70. The molecule has 0 aliphatic carbocycles. The maximum Gasteiger partial charge on any atom is 0.407 e. The SMILES string of the molecule is Cc1ccc(N2CCN(CC[C@H]3CC4(CCN(C(=O)O)CC4)C(=O)O3)CC2)cc1. The number of hydrogen-bond donors (Lipinski definition) is 1. The van der Waals surface area contributed by atoms with Crippen LogP contribution in [0.25, 0.3) is 0 Å². The van der Waals surface area contributed by atoms with Gasteiger partial charge in [-0.05, 0) is 38.3 Å². The van der Waals surface area contributed by atoms with E-state index >= 15 is 0 Å². The largest absolute Gasteiger partial charge is 0.465 e. The fourth-order valence-corrected chi connectivity index (χ4v) is 4.84. The second-order valence-corrected chi connectivity index (χ2v) is 8.73. The Kier molecular flexibility index (Phi) is 5.67. The van der Waals surface area contributed by atoms with Gasteiger partial charge in [-0.15, -0.1) is 0 Å². The third-order valence-electron chi connectivity index (χ3n) is 6.85. The van der Waals surface area contributed by atoms with Gasteiger partial charge in [0.05, 0.1) is 5.41 Å². The van der Waals surface area contributed by atoms with Gasteiger partial charge in [-0.2, -0.15) is 0 Å². The van der Waals surface area contributed by atoms with Gasteiger partial charge in [-0.3, -0.25) is 9.69 Å². The van der Waals surface area contributed by atoms with E-state index in [9.17, 15) is 9.59 Å². The molecule has 0 radical (unpaired) electrons. The van der Waals surface area contributed by atoms with Gasteiger partial charge in [0.1, 0.15) is 6.10 Å². The zero-order valence-electron chi connectivity index (χ0n) is 17.2. The van der Waals surface area contributed by atoms with Gasteiger partial charge in [0.15, 0.2) is 0 Å². The molecule has 7 heteroatoms. The molecule has 1 amide bonds. The molecular formula is C22H31N3O4. The number of carbonyl (C=O) groups excluding carboxylic acids is 1. The highest BCUT2D eigenvalue weighted by atomic mass is 16.6. The van der Waals surface area contributed by atoms with Crippen LogP contribution < -0.4 is 4.90 Å². The summed E-state index contributed by atoms with van der Waals surface area (Å²) in [7, 11) is 0. The first-order valence-corrected chi connectivity index (χ1v) is 10.7. The molecule has 1 N–H and O–H groups in total. The highest BCUT2D eigenvalue weighted by Crippen LogP contribution is 2.43. The molecule has 29 heavy (non-hydrogen) atoms. The number of cyclic esters (lactones) is 1. The zero-order valence-corrected chi connectivity index (χ0v) is 17.2. The number of aryl methyl sites for hydroxylation is 1. The lowest BCUT2D eigenvalue weighted by Gasteiger charge is -2.36. The molecule has 1 spiro atoms. The average Bonchev–Trinajstić information content (AvgIpc) is 3.03. The zero-order chi connectivity index (χ0) is 20.4. The van der Waals surface area contributed by atoms with E-state index in [2.05, 4.69) is 41.0 Å². The van der Waals surface area contributed by atoms with Crippen molar-refractivity contribution < 1.29 is 19.4 Å². The van der Waals surface area contributed by atoms with E-state index in [0.717, 1.165) is 45.6 Å². The number of nitrogens with zero attached hydrogens (tertiary/aromatic N) is 3. The van der Waals surface area contributed by atoms with Crippen LogP contribution >= 0.6 is 0 Å². The van der Waals surface area contributed by atoms with Crippen molar-refractivity contribution in [3.05, 3.63) is 29.8 Å². The number of likely N-dealkylation sites (tertiary alicyclic amines) is 1. The maximum atomic E-state index is 12.5. The molecule has 4 rings (SSSR count). The van der Waals surface area contributed by atoms with Gasteiger partial charge in [0.2, 0.25) is 0 Å². The Balaban J connectivity index is 1.22. The van der Waals surface area contributed by atoms with Crippen LogP contribution in [0.3, 0.4) is 0 Å². The summed E-state index contributed by atoms with van der Waals surface area (Å²) in [5.41, 5.74) is 2.11. The maximum absolute atomic E-state index is 12.5. The van der Waals surface area contributed by atoms with E-state index in [1.165, 1.54) is 16.2 Å². The molecule has 0 bridgehead atoms. The van der Waals surface area contributed by atoms with E-state index in [4.69, 9.17) is 9.84 Å². The summed E-state index contributed by atoms with van der Waals surface area (Å²) in [4.78, 5) is 29.9. The van der Waals surface area contributed by atoms with E-state index in [1.54, 1.807) is 0 Å². The number of piperidine rings is 1. The van der Waals surface area contributed by atoms with Crippen LogP contribution in [0.15, 0.2) is 24.3 Å². The van der Waals surface area contributed by atoms with Crippen LogP contribution in [0.2, 0.25) is 0 Å². The first kappa shape index (κ1) is 20.0. The molecule has 1 atom stereocenters. The number of piperazine rings is 1. The van der Waals surface area contributed by atoms with Gasteiger partial charge < -0.3 is 19.6 Å². The van der Waals surface area contributed by atoms with Crippen LogP contribution in [0.4, 0.5) is 10.5 Å². The predicted molar refractivity (Wildman–Crippen MR) is 110 cm³/mol. The number of esters is 1. The second kappa shape index (κ2) is 8.22. The minimum absolute atomic E-state index is 0.0333. The molecule has 3 aliphatic rings. The summed E-state index contributed by atoms with van der Waals surface area (Å²) < 4.78 is 5.70. The molecule has 0 aromatic heterocycles. The van der Waals surface area contributed by atoms with Crippen LogP contribution in [0.1, 0.15) is 31.2 Å². The van der Waals surface area contributed by atoms with Crippen molar-refractivity contribution in [1.29, 1.82) is 0 Å². The quantitative estimate of drug-likeness (QED) is 0.782. The van der Waals surface area contributed by atoms with E-state index in [1.807, 2.05) is 0 Å². The first-order valence-electron chi connectivity index (χ1n) is 10.7. The lowest BCUT2D eigenvalue weighted by atomic mass is 9.76. The van der Waals surface area contributed by atoms with Crippen LogP contribution in [-0.2, 0) is 9.53 Å². The summed E-state index contributed by atoms with van der Waals surface area (Å²) in [6.07, 6.45) is 1.85. The Bertz CT molecular complexity index is 735. The normalized spacial score (nSPS) is 24.7. The molecule has 7 nitrogen and oxygen atoms in total. The van der Waals surface area contributed by atoms with E-state index < -0.39 is 11.5 Å². The Hall–Kier alpha value is -2.28. The van der Waals surface area contributed by atoms with Crippen molar-refractivity contribution in [1.82, 2.24) is 9.80 Å². The number of benzene rings is 1. The highest BCUT2D eigenvalue weighted by Gasteiger charge is 2.50. The first-order chi connectivity index (χ1) is 13.9. The van der Waals surface area contributed by atoms with Crippen molar-refractivity contribution in [2.24, 2.45) is 5.41 Å². The molecule has 3 saturated heterocycles. The highest BCUT2D eigenvalue weighted by molar-refractivity contribution is 5.79. The van der Waals surface area contributed by atoms with Crippen LogP contribution in [-0.4, -0.2) is 78.9 Å². The minimum Gasteiger partial charge on any atom is -0.465 e. The number of ether oxygens (including phenoxy) is 1. The van der Waals surface area contributed by atoms with Gasteiger partial charge in [-0.25, -0.2) is 4.79 Å². The summed E-state index contributed by atoms with van der Waals surface area (Å²) in [5.74, 6) is -0.114. The van der Waals surface area contributed by atoms with Crippen molar-refractivity contribution in [2.45, 2.75) is 38.7 Å². The predicted octanol–water partition coefficient (Wildman–Crippen LogP) is 2.58. The molecular weight excluding hydrogens is 370 g/mol. The minimum atomic E-state index is -0.896. The fourth-order valence-electron chi connectivity index (χ4n) is 4.84. The summed E-state index contributed by atoms with van der Waals surface area (Å²) >= 11 is 0. The summed E-state index contributed by atoms with van der Waals surface area (Å²) in [5, 5.41) is 9.12. The van der Waals surface area contributed by atoms with Crippen molar-refractivity contribution >= 4 is 17.7 Å². The number of anilines is 1. The number of hydrogen-bond acceptors (Lipinski definition) is 5. The molecule has 3 heterocycles. The monoisotopic (exact) mass is 401 g/mol. The van der Waals surface area contributed by atoms with Gasteiger partial charge in [0, 0.05) is 57.9 Å². The summed E-state index contributed by atoms with van der Waals surface area (Å²) in [6.45, 7) is 7.98. The lowest BCUT2D eigenvalue weighted by Crippen LogP contribution is -2.47. The molecule has 3 fully saturated rings. The van der Waals surface area contributed by atoms with Crippen LogP contribution in [0.5, 0.6) is 0 Å². The van der Waals surface area contributed by atoms with Gasteiger partial charge >= 0.3 is 12.1 Å². The Labute approximate surface area is 172 Å². The molecule has 3 aliphatic heterocycles. The van der Waals surface area contributed by atoms with Crippen molar-refractivity contribution in [2.75, 3.05) is 50.7 Å². The Morgan fingerprint density at radius 3 is 2.38 bits per heavy atom. The molecule has 1 aromatic carbocycles. The van der Waals surface area contributed by atoms with Crippen molar-refractivity contribution in [3.63, 3.8) is 0 Å². The number of rotatable bonds is 4. The van der Waals surface area contributed by atoms with Gasteiger partial charge in [0.25, 0.3) is 0 Å². The Morgan fingerprint density at radius 1 is 1.10 bits per heavy atom. The second-order valence-electron chi connectivity index (χ2n) is 8.73. The number of carbonyl (C=O) groups is 2. The van der Waals surface area contributed by atoms with Gasteiger partial charge in [-0.1, -0.05) is 17.7 Å². The standard InChI is InChI=1S/C22H31N3O4/c1-17-2-4-18(5-3-17)24-14-12-23(13-15-24)9-6-19-16-22(20(26)29-19)7-10-25(11-8-22)21(27)28/h2-5,19H,6-16H2,1H3,(H,27,28)/t19-/m0/s1. The number of carboxylic acid groups (broad SMARTS) is 1. The molecule has 1 aromatic rings. The Morgan fingerprint density at radius 2 is 1.76 bits per heavy atom. The number of amides is 1. The van der Waals surface area contributed by atoms with Crippen LogP contribution in [0, 0.1) is 12.3 Å². The van der Waals surface area contributed by atoms with E-state index in [-0.39, 0.29) is 12.1 Å². The molecule has 0 unspecified atom stereocenters. The third-order valence-corrected chi connectivity index (χ3v) is 6.85.